The Bertz CT molecular complexity index is 556. The van der Waals surface area contributed by atoms with Gasteiger partial charge in [-0.2, -0.15) is 0 Å². The molecule has 1 unspecified atom stereocenters. The van der Waals surface area contributed by atoms with Crippen LogP contribution in [0, 0.1) is 6.92 Å². The Labute approximate surface area is 144 Å². The van der Waals surface area contributed by atoms with Crippen molar-refractivity contribution in [3.63, 3.8) is 0 Å². The van der Waals surface area contributed by atoms with Crippen LogP contribution in [0.1, 0.15) is 31.9 Å². The van der Waals surface area contributed by atoms with Crippen molar-refractivity contribution < 1.29 is 4.79 Å². The summed E-state index contributed by atoms with van der Waals surface area (Å²) >= 11 is 0. The summed E-state index contributed by atoms with van der Waals surface area (Å²) in [5.41, 5.74) is 1.05. The summed E-state index contributed by atoms with van der Waals surface area (Å²) in [6.45, 7) is 9.18. The molecule has 0 aromatic carbocycles. The fraction of sp³-hybridized carbons (Fsp3) is 0.667. The number of amides is 2. The first-order valence-electron chi connectivity index (χ1n) is 9.12. The third-order valence-electron chi connectivity index (χ3n) is 5.08. The molecule has 2 amide bonds. The molecule has 1 aromatic heterocycles. The molecule has 3 heterocycles. The first kappa shape index (κ1) is 17.0. The van der Waals surface area contributed by atoms with E-state index in [1.807, 2.05) is 13.0 Å². The van der Waals surface area contributed by atoms with Crippen molar-refractivity contribution in [2.45, 2.75) is 45.2 Å². The lowest BCUT2D eigenvalue weighted by Gasteiger charge is -2.33. The molecule has 2 N–H and O–H groups in total. The highest BCUT2D eigenvalue weighted by Crippen LogP contribution is 2.18. The van der Waals surface area contributed by atoms with Crippen molar-refractivity contribution in [3.05, 3.63) is 23.9 Å². The fourth-order valence-corrected chi connectivity index (χ4v) is 3.61. The standard InChI is InChI=1S/C18H29N5O/c1-3-22-10-7-16(13-22)21-18(24)20-15-8-11-23(12-9-15)17-6-4-5-14(2)19-17/h4-6,15-16H,3,7-13H2,1-2H3,(H2,20,21,24). The third-order valence-corrected chi connectivity index (χ3v) is 5.08. The molecule has 3 rings (SSSR count). The quantitative estimate of drug-likeness (QED) is 0.882. The van der Waals surface area contributed by atoms with Crippen LogP contribution >= 0.6 is 0 Å². The Morgan fingerprint density at radius 2 is 1.88 bits per heavy atom. The Balaban J connectivity index is 1.41. The van der Waals surface area contributed by atoms with Gasteiger partial charge in [0.05, 0.1) is 0 Å². The summed E-state index contributed by atoms with van der Waals surface area (Å²) < 4.78 is 0. The second-order valence-electron chi connectivity index (χ2n) is 6.90. The maximum atomic E-state index is 12.2. The summed E-state index contributed by atoms with van der Waals surface area (Å²) in [5.74, 6) is 1.04. The number of nitrogens with one attached hydrogen (secondary N) is 2. The number of carbonyl (C=O) groups excluding carboxylic acids is 1. The van der Waals surface area contributed by atoms with E-state index in [2.05, 4.69) is 44.5 Å². The highest BCUT2D eigenvalue weighted by Gasteiger charge is 2.25. The topological polar surface area (TPSA) is 60.5 Å². The number of pyridine rings is 1. The number of nitrogens with zero attached hydrogens (tertiary/aromatic N) is 3. The lowest BCUT2D eigenvalue weighted by atomic mass is 10.1. The first-order valence-corrected chi connectivity index (χ1v) is 9.12. The zero-order chi connectivity index (χ0) is 16.9. The number of likely N-dealkylation sites (tertiary alicyclic amines) is 1. The molecule has 2 aliphatic heterocycles. The number of carbonyl (C=O) groups is 1. The molecule has 2 saturated heterocycles. The summed E-state index contributed by atoms with van der Waals surface area (Å²) in [4.78, 5) is 21.5. The molecular weight excluding hydrogens is 302 g/mol. The number of hydrogen-bond acceptors (Lipinski definition) is 4. The molecule has 0 aliphatic carbocycles. The number of aromatic nitrogens is 1. The maximum Gasteiger partial charge on any atom is 0.315 e. The second-order valence-corrected chi connectivity index (χ2v) is 6.90. The molecule has 6 nitrogen and oxygen atoms in total. The largest absolute Gasteiger partial charge is 0.356 e. The van der Waals surface area contributed by atoms with E-state index in [0.717, 1.165) is 63.5 Å². The van der Waals surface area contributed by atoms with Gasteiger partial charge >= 0.3 is 6.03 Å². The zero-order valence-corrected chi connectivity index (χ0v) is 14.8. The van der Waals surface area contributed by atoms with Gasteiger partial charge in [0.25, 0.3) is 0 Å². The minimum absolute atomic E-state index is 0.00918. The van der Waals surface area contributed by atoms with Gasteiger partial charge in [0.15, 0.2) is 0 Å². The molecular formula is C18H29N5O. The van der Waals surface area contributed by atoms with Crippen LogP contribution in [0.15, 0.2) is 18.2 Å². The molecule has 0 bridgehead atoms. The minimum Gasteiger partial charge on any atom is -0.356 e. The van der Waals surface area contributed by atoms with Gasteiger partial charge in [-0.1, -0.05) is 13.0 Å². The van der Waals surface area contributed by atoms with Gasteiger partial charge in [0.1, 0.15) is 5.82 Å². The van der Waals surface area contributed by atoms with Crippen LogP contribution in [-0.4, -0.2) is 60.7 Å². The number of aryl methyl sites for hydroxylation is 1. The lowest BCUT2D eigenvalue weighted by Crippen LogP contribution is -2.50. The van der Waals surface area contributed by atoms with Crippen LogP contribution < -0.4 is 15.5 Å². The van der Waals surface area contributed by atoms with Gasteiger partial charge < -0.3 is 20.4 Å². The van der Waals surface area contributed by atoms with E-state index in [-0.39, 0.29) is 12.1 Å². The SMILES string of the molecule is CCN1CCC(NC(=O)NC2CCN(c3cccc(C)n3)CC2)C1. The summed E-state index contributed by atoms with van der Waals surface area (Å²) in [6, 6.07) is 6.68. The predicted octanol–water partition coefficient (Wildman–Crippen LogP) is 1.75. The van der Waals surface area contributed by atoms with Crippen molar-refractivity contribution >= 4 is 11.8 Å². The molecule has 1 atom stereocenters. The Hall–Kier alpha value is -1.82. The molecule has 2 fully saturated rings. The van der Waals surface area contributed by atoms with Crippen molar-refractivity contribution in [2.75, 3.05) is 37.6 Å². The van der Waals surface area contributed by atoms with Crippen LogP contribution in [0.3, 0.4) is 0 Å². The molecule has 1 aromatic rings. The van der Waals surface area contributed by atoms with E-state index in [1.165, 1.54) is 0 Å². The number of hydrogen-bond donors (Lipinski definition) is 2. The van der Waals surface area contributed by atoms with Crippen LogP contribution in [0.25, 0.3) is 0 Å². The monoisotopic (exact) mass is 331 g/mol. The van der Waals surface area contributed by atoms with Gasteiger partial charge in [-0.25, -0.2) is 9.78 Å². The predicted molar refractivity (Wildman–Crippen MR) is 96.4 cm³/mol. The summed E-state index contributed by atoms with van der Waals surface area (Å²) in [7, 11) is 0. The molecule has 24 heavy (non-hydrogen) atoms. The lowest BCUT2D eigenvalue weighted by molar-refractivity contribution is 0.230. The smallest absolute Gasteiger partial charge is 0.315 e. The van der Waals surface area contributed by atoms with Crippen molar-refractivity contribution in [3.8, 4) is 0 Å². The second kappa shape index (κ2) is 7.83. The number of likely N-dealkylation sites (N-methyl/N-ethyl adjacent to an activating group) is 1. The van der Waals surface area contributed by atoms with Crippen LogP contribution in [0.2, 0.25) is 0 Å². The number of piperidine rings is 1. The highest BCUT2D eigenvalue weighted by atomic mass is 16.2. The van der Waals surface area contributed by atoms with Crippen LogP contribution in [0.4, 0.5) is 10.6 Å². The van der Waals surface area contributed by atoms with Gasteiger partial charge in [-0.05, 0) is 44.9 Å². The molecule has 0 radical (unpaired) electrons. The zero-order valence-electron chi connectivity index (χ0n) is 14.8. The van der Waals surface area contributed by atoms with Crippen molar-refractivity contribution in [2.24, 2.45) is 0 Å². The number of anilines is 1. The fourth-order valence-electron chi connectivity index (χ4n) is 3.61. The first-order chi connectivity index (χ1) is 11.6. The molecule has 0 saturated carbocycles. The van der Waals surface area contributed by atoms with E-state index < -0.39 is 0 Å². The Morgan fingerprint density at radius 1 is 1.17 bits per heavy atom. The van der Waals surface area contributed by atoms with E-state index >= 15 is 0 Å². The van der Waals surface area contributed by atoms with Crippen LogP contribution in [-0.2, 0) is 0 Å². The number of rotatable bonds is 4. The van der Waals surface area contributed by atoms with E-state index in [9.17, 15) is 4.79 Å². The van der Waals surface area contributed by atoms with E-state index in [4.69, 9.17) is 0 Å². The molecule has 2 aliphatic rings. The average molecular weight is 331 g/mol. The normalized spacial score (nSPS) is 22.6. The van der Waals surface area contributed by atoms with Crippen molar-refractivity contribution in [1.82, 2.24) is 20.5 Å². The van der Waals surface area contributed by atoms with Crippen molar-refractivity contribution in [1.29, 1.82) is 0 Å². The molecule has 0 spiro atoms. The van der Waals surface area contributed by atoms with Gasteiger partial charge in [-0.3, -0.25) is 0 Å². The van der Waals surface area contributed by atoms with E-state index in [0.29, 0.717) is 6.04 Å². The Kier molecular flexibility index (Phi) is 5.56. The van der Waals surface area contributed by atoms with E-state index in [1.54, 1.807) is 0 Å². The molecule has 132 valence electrons. The number of urea groups is 1. The summed E-state index contributed by atoms with van der Waals surface area (Å²) in [5, 5.41) is 6.27. The van der Waals surface area contributed by atoms with Crippen LogP contribution in [0.5, 0.6) is 0 Å². The maximum absolute atomic E-state index is 12.2. The van der Waals surface area contributed by atoms with Gasteiger partial charge in [-0.15, -0.1) is 0 Å². The molecule has 6 heteroatoms. The third kappa shape index (κ3) is 4.38. The van der Waals surface area contributed by atoms with Gasteiger partial charge in [0, 0.05) is 44.0 Å². The Morgan fingerprint density at radius 3 is 2.54 bits per heavy atom. The average Bonchev–Trinajstić information content (AvgIpc) is 3.03. The van der Waals surface area contributed by atoms with Gasteiger partial charge in [0.2, 0.25) is 0 Å². The minimum atomic E-state index is -0.00918. The summed E-state index contributed by atoms with van der Waals surface area (Å²) in [6.07, 6.45) is 2.99. The highest BCUT2D eigenvalue weighted by molar-refractivity contribution is 5.74.